The molecule has 0 aromatic rings. The molecule has 0 aliphatic carbocycles. The van der Waals surface area contributed by atoms with Gasteiger partial charge in [0.05, 0.1) is 0 Å². The number of rotatable bonds is 1. The van der Waals surface area contributed by atoms with E-state index in [1.807, 2.05) is 0 Å². The van der Waals surface area contributed by atoms with Crippen LogP contribution in [0.3, 0.4) is 0 Å². The summed E-state index contributed by atoms with van der Waals surface area (Å²) in [6, 6.07) is 0. The fourth-order valence-electron chi connectivity index (χ4n) is 0. The Morgan fingerprint density at radius 2 is 1.50 bits per heavy atom. The van der Waals surface area contributed by atoms with Crippen LogP contribution in [0.1, 0.15) is 0 Å². The van der Waals surface area contributed by atoms with Crippen molar-refractivity contribution in [2.45, 2.75) is 0 Å². The number of hydrogen-bond donors (Lipinski definition) is 0. The largest absolute Gasteiger partial charge is 0.493 e. The van der Waals surface area contributed by atoms with Crippen LogP contribution >= 0.6 is 33.2 Å². The Bertz CT molecular complexity index is 40.5. The monoisotopic (exact) mass is 164 g/mol. The second-order valence-electron chi connectivity index (χ2n) is 0.650. The van der Waals surface area contributed by atoms with E-state index in [0.717, 1.165) is 0 Å². The van der Waals surface area contributed by atoms with Crippen molar-refractivity contribution >= 4 is 39.5 Å². The summed E-state index contributed by atoms with van der Waals surface area (Å²) in [6.07, 6.45) is -2.71. The first-order chi connectivity index (χ1) is 2.56. The minimum absolute atomic E-state index is 1.37. The molecule has 0 spiro atoms. The van der Waals surface area contributed by atoms with Gasteiger partial charge in [0.1, 0.15) is 0 Å². The second-order valence-corrected chi connectivity index (χ2v) is 8.48. The molecule has 0 N–H and O–H groups in total. The Morgan fingerprint density at radius 3 is 1.50 bits per heavy atom. The average molecular weight is 165 g/mol. The molecule has 0 aromatic carbocycles. The molecule has 0 fully saturated rings. The van der Waals surface area contributed by atoms with Crippen molar-refractivity contribution in [2.24, 2.45) is 0 Å². The molecule has 0 aromatic heterocycles. The molecule has 0 unspecified atom stereocenters. The van der Waals surface area contributed by atoms with E-state index in [0.29, 0.717) is 0 Å². The van der Waals surface area contributed by atoms with Crippen molar-refractivity contribution in [1.82, 2.24) is 0 Å². The molecular formula is CH3Cl3OSi. The highest BCUT2D eigenvalue weighted by molar-refractivity contribution is 7.62. The Labute approximate surface area is 51.4 Å². The first-order valence-electron chi connectivity index (χ1n) is 1.18. The van der Waals surface area contributed by atoms with Crippen LogP contribution < -0.4 is 0 Å². The van der Waals surface area contributed by atoms with Crippen molar-refractivity contribution in [3.05, 3.63) is 0 Å². The SMILES string of the molecule is CO[Si](Cl)(Cl)Cl. The maximum atomic E-state index is 5.17. The maximum absolute atomic E-state index is 5.17. The molecule has 0 aliphatic heterocycles. The molecule has 0 atom stereocenters. The summed E-state index contributed by atoms with van der Waals surface area (Å²) in [4.78, 5) is 0. The van der Waals surface area contributed by atoms with Crippen molar-refractivity contribution in [2.75, 3.05) is 7.11 Å². The maximum Gasteiger partial charge on any atom is 0.493 e. The predicted octanol–water partition coefficient (Wildman–Crippen LogP) is 1.78. The third kappa shape index (κ3) is 5.05. The smallest absolute Gasteiger partial charge is 0.384 e. The van der Waals surface area contributed by atoms with E-state index >= 15 is 0 Å². The first-order valence-corrected chi connectivity index (χ1v) is 6.12. The topological polar surface area (TPSA) is 9.23 Å². The van der Waals surface area contributed by atoms with Crippen LogP contribution in [0.2, 0.25) is 0 Å². The molecular weight excluding hydrogens is 162 g/mol. The average Bonchev–Trinajstić information content (AvgIpc) is 1.35. The lowest BCUT2D eigenvalue weighted by atomic mass is 11.8. The summed E-state index contributed by atoms with van der Waals surface area (Å²) in [7, 11) is 1.37. The van der Waals surface area contributed by atoms with Gasteiger partial charge in [-0.25, -0.2) is 0 Å². The van der Waals surface area contributed by atoms with Gasteiger partial charge < -0.3 is 4.43 Å². The van der Waals surface area contributed by atoms with Crippen molar-refractivity contribution in [3.8, 4) is 0 Å². The molecule has 0 bridgehead atoms. The molecule has 5 heteroatoms. The van der Waals surface area contributed by atoms with E-state index in [1.165, 1.54) is 7.11 Å². The zero-order valence-corrected chi connectivity index (χ0v) is 6.31. The van der Waals surface area contributed by atoms with E-state index in [-0.39, 0.29) is 0 Å². The van der Waals surface area contributed by atoms with Gasteiger partial charge in [-0.1, -0.05) is 33.2 Å². The summed E-state index contributed by atoms with van der Waals surface area (Å²) >= 11 is 15.5. The van der Waals surface area contributed by atoms with Crippen LogP contribution in [0, 0.1) is 0 Å². The lowest BCUT2D eigenvalue weighted by Gasteiger charge is -1.99. The lowest BCUT2D eigenvalue weighted by Crippen LogP contribution is -2.11. The molecule has 0 saturated heterocycles. The highest BCUT2D eigenvalue weighted by Gasteiger charge is 2.24. The van der Waals surface area contributed by atoms with Gasteiger partial charge >= 0.3 is 6.25 Å². The molecule has 0 aliphatic rings. The lowest BCUT2D eigenvalue weighted by molar-refractivity contribution is 0.442. The number of hydrogen-bond acceptors (Lipinski definition) is 1. The van der Waals surface area contributed by atoms with Crippen LogP contribution in [0.25, 0.3) is 0 Å². The van der Waals surface area contributed by atoms with Gasteiger partial charge in [0.25, 0.3) is 0 Å². The molecule has 0 amide bonds. The minimum Gasteiger partial charge on any atom is -0.384 e. The number of halogens is 3. The van der Waals surface area contributed by atoms with Crippen LogP contribution in [-0.2, 0) is 4.43 Å². The predicted molar refractivity (Wildman–Crippen MR) is 30.3 cm³/mol. The molecule has 0 rings (SSSR count). The summed E-state index contributed by atoms with van der Waals surface area (Å²) < 4.78 is 4.37. The zero-order valence-electron chi connectivity index (χ0n) is 3.04. The van der Waals surface area contributed by atoms with E-state index in [2.05, 4.69) is 4.43 Å². The van der Waals surface area contributed by atoms with Gasteiger partial charge in [-0.15, -0.1) is 0 Å². The normalized spacial score (nSPS) is 12.0. The Kier molecular flexibility index (Phi) is 2.79. The van der Waals surface area contributed by atoms with Crippen LogP contribution in [0.5, 0.6) is 0 Å². The van der Waals surface area contributed by atoms with Gasteiger partial charge in [-0.2, -0.15) is 0 Å². The molecule has 38 valence electrons. The highest BCUT2D eigenvalue weighted by atomic mass is 35.8. The summed E-state index contributed by atoms with van der Waals surface area (Å²) in [5.74, 6) is 0. The minimum atomic E-state index is -2.71. The summed E-state index contributed by atoms with van der Waals surface area (Å²) in [5.41, 5.74) is 0. The molecule has 1 nitrogen and oxygen atoms in total. The molecule has 0 radical (unpaired) electrons. The Hall–Kier alpha value is 1.05. The third-order valence-electron chi connectivity index (χ3n) is 0.231. The van der Waals surface area contributed by atoms with Gasteiger partial charge in [0.15, 0.2) is 0 Å². The van der Waals surface area contributed by atoms with Crippen molar-refractivity contribution in [1.29, 1.82) is 0 Å². The van der Waals surface area contributed by atoms with Crippen molar-refractivity contribution < 1.29 is 4.43 Å². The summed E-state index contributed by atoms with van der Waals surface area (Å²) in [5, 5.41) is 0. The summed E-state index contributed by atoms with van der Waals surface area (Å²) in [6.45, 7) is 0. The molecule has 0 saturated carbocycles. The zero-order chi connectivity index (χ0) is 5.21. The van der Waals surface area contributed by atoms with Gasteiger partial charge in [0, 0.05) is 7.11 Å². The van der Waals surface area contributed by atoms with E-state index in [9.17, 15) is 0 Å². The van der Waals surface area contributed by atoms with E-state index in [4.69, 9.17) is 33.2 Å². The molecule has 0 heterocycles. The van der Waals surface area contributed by atoms with E-state index < -0.39 is 6.25 Å². The van der Waals surface area contributed by atoms with Crippen LogP contribution in [0.4, 0.5) is 0 Å². The first kappa shape index (κ1) is 7.05. The highest BCUT2D eigenvalue weighted by Crippen LogP contribution is 2.18. The fraction of sp³-hybridized carbons (Fsp3) is 1.00. The van der Waals surface area contributed by atoms with Crippen LogP contribution in [-0.4, -0.2) is 13.4 Å². The Balaban J connectivity index is 3.17. The van der Waals surface area contributed by atoms with Gasteiger partial charge in [-0.05, 0) is 0 Å². The van der Waals surface area contributed by atoms with Crippen LogP contribution in [0.15, 0.2) is 0 Å². The van der Waals surface area contributed by atoms with Gasteiger partial charge in [-0.3, -0.25) is 0 Å². The van der Waals surface area contributed by atoms with E-state index in [1.54, 1.807) is 0 Å². The standard InChI is InChI=1S/CH3Cl3OSi/c1-5-6(2,3)4/h1H3. The third-order valence-corrected chi connectivity index (χ3v) is 2.08. The fourth-order valence-corrected chi connectivity index (χ4v) is 0. The molecule has 6 heavy (non-hydrogen) atoms. The Morgan fingerprint density at radius 1 is 1.33 bits per heavy atom. The second kappa shape index (κ2) is 2.38. The van der Waals surface area contributed by atoms with Crippen molar-refractivity contribution in [3.63, 3.8) is 0 Å². The quantitative estimate of drug-likeness (QED) is 0.425. The van der Waals surface area contributed by atoms with Gasteiger partial charge in [0.2, 0.25) is 0 Å².